The van der Waals surface area contributed by atoms with E-state index >= 15 is 0 Å². The van der Waals surface area contributed by atoms with E-state index in [0.29, 0.717) is 13.2 Å². The van der Waals surface area contributed by atoms with Crippen molar-refractivity contribution in [1.29, 1.82) is 0 Å². The SMILES string of the molecule is O=C(CNCc1cc(F)ccc1F)NC1CCOCC1. The van der Waals surface area contributed by atoms with Gasteiger partial charge in [0.05, 0.1) is 6.54 Å². The molecular weight excluding hydrogens is 266 g/mol. The smallest absolute Gasteiger partial charge is 0.234 e. The van der Waals surface area contributed by atoms with Gasteiger partial charge >= 0.3 is 0 Å². The number of carbonyl (C=O) groups excluding carboxylic acids is 1. The first-order chi connectivity index (χ1) is 9.65. The lowest BCUT2D eigenvalue weighted by Crippen LogP contribution is -2.42. The second-order valence-corrected chi connectivity index (χ2v) is 4.79. The number of rotatable bonds is 5. The molecular formula is C14H18F2N2O2. The van der Waals surface area contributed by atoms with E-state index in [1.807, 2.05) is 0 Å². The van der Waals surface area contributed by atoms with Crippen molar-refractivity contribution in [2.24, 2.45) is 0 Å². The van der Waals surface area contributed by atoms with E-state index < -0.39 is 11.6 Å². The lowest BCUT2D eigenvalue weighted by atomic mass is 10.1. The number of benzene rings is 1. The van der Waals surface area contributed by atoms with E-state index in [-0.39, 0.29) is 30.6 Å². The fraction of sp³-hybridized carbons (Fsp3) is 0.500. The third-order valence-corrected chi connectivity index (χ3v) is 3.20. The normalized spacial score (nSPS) is 16.1. The summed E-state index contributed by atoms with van der Waals surface area (Å²) in [6.07, 6.45) is 1.62. The molecule has 0 unspecified atom stereocenters. The van der Waals surface area contributed by atoms with E-state index in [2.05, 4.69) is 10.6 Å². The molecule has 0 bridgehead atoms. The average Bonchev–Trinajstić information content (AvgIpc) is 2.44. The topological polar surface area (TPSA) is 50.4 Å². The fourth-order valence-electron chi connectivity index (χ4n) is 2.11. The lowest BCUT2D eigenvalue weighted by Gasteiger charge is -2.23. The maximum absolute atomic E-state index is 13.3. The van der Waals surface area contributed by atoms with E-state index in [4.69, 9.17) is 4.74 Å². The van der Waals surface area contributed by atoms with Crippen molar-refractivity contribution in [3.8, 4) is 0 Å². The second kappa shape index (κ2) is 7.31. The van der Waals surface area contributed by atoms with E-state index in [1.54, 1.807) is 0 Å². The number of amides is 1. The summed E-state index contributed by atoms with van der Waals surface area (Å²) in [5.41, 5.74) is 0.212. The fourth-order valence-corrected chi connectivity index (χ4v) is 2.11. The average molecular weight is 284 g/mol. The van der Waals surface area contributed by atoms with Crippen LogP contribution in [-0.4, -0.2) is 31.7 Å². The highest BCUT2D eigenvalue weighted by atomic mass is 19.1. The summed E-state index contributed by atoms with van der Waals surface area (Å²) in [5, 5.41) is 5.69. The van der Waals surface area contributed by atoms with Crippen LogP contribution in [0.25, 0.3) is 0 Å². The maximum Gasteiger partial charge on any atom is 0.234 e. The standard InChI is InChI=1S/C14H18F2N2O2/c15-11-1-2-13(16)10(7-11)8-17-9-14(19)18-12-3-5-20-6-4-12/h1-2,7,12,17H,3-6,8-9H2,(H,18,19). The molecule has 6 heteroatoms. The van der Waals surface area contributed by atoms with Gasteiger partial charge in [-0.25, -0.2) is 8.78 Å². The van der Waals surface area contributed by atoms with Gasteiger partial charge in [0.1, 0.15) is 11.6 Å². The minimum Gasteiger partial charge on any atom is -0.381 e. The molecule has 0 spiro atoms. The number of ether oxygens (including phenoxy) is 1. The Morgan fingerprint density at radius 1 is 1.30 bits per heavy atom. The van der Waals surface area contributed by atoms with Crippen molar-refractivity contribution in [2.45, 2.75) is 25.4 Å². The molecule has 1 aliphatic rings. The molecule has 2 rings (SSSR count). The highest BCUT2D eigenvalue weighted by molar-refractivity contribution is 5.78. The zero-order valence-electron chi connectivity index (χ0n) is 11.1. The zero-order chi connectivity index (χ0) is 14.4. The number of hydrogen-bond acceptors (Lipinski definition) is 3. The molecule has 0 radical (unpaired) electrons. The van der Waals surface area contributed by atoms with Gasteiger partial charge in [-0.1, -0.05) is 0 Å². The summed E-state index contributed by atoms with van der Waals surface area (Å²) >= 11 is 0. The van der Waals surface area contributed by atoms with Gasteiger partial charge in [-0.3, -0.25) is 4.79 Å². The van der Waals surface area contributed by atoms with Crippen LogP contribution >= 0.6 is 0 Å². The Bertz CT molecular complexity index is 462. The highest BCUT2D eigenvalue weighted by Gasteiger charge is 2.15. The van der Waals surface area contributed by atoms with Crippen LogP contribution in [0.15, 0.2) is 18.2 Å². The Labute approximate surface area is 116 Å². The number of carbonyl (C=O) groups is 1. The summed E-state index contributed by atoms with van der Waals surface area (Å²) in [7, 11) is 0. The van der Waals surface area contributed by atoms with Crippen LogP contribution in [0, 0.1) is 11.6 Å². The molecule has 1 aromatic rings. The van der Waals surface area contributed by atoms with Crippen LogP contribution in [0.4, 0.5) is 8.78 Å². The van der Waals surface area contributed by atoms with Crippen molar-refractivity contribution in [1.82, 2.24) is 10.6 Å². The molecule has 1 heterocycles. The molecule has 2 N–H and O–H groups in total. The molecule has 1 saturated heterocycles. The third-order valence-electron chi connectivity index (χ3n) is 3.20. The minimum atomic E-state index is -0.491. The van der Waals surface area contributed by atoms with Crippen molar-refractivity contribution >= 4 is 5.91 Å². The van der Waals surface area contributed by atoms with Gasteiger partial charge < -0.3 is 15.4 Å². The molecule has 1 fully saturated rings. The maximum atomic E-state index is 13.3. The molecule has 20 heavy (non-hydrogen) atoms. The second-order valence-electron chi connectivity index (χ2n) is 4.79. The van der Waals surface area contributed by atoms with Gasteiger partial charge in [-0.05, 0) is 31.0 Å². The van der Waals surface area contributed by atoms with Crippen molar-refractivity contribution in [3.05, 3.63) is 35.4 Å². The Balaban J connectivity index is 1.72. The lowest BCUT2D eigenvalue weighted by molar-refractivity contribution is -0.121. The number of hydrogen-bond donors (Lipinski definition) is 2. The Hall–Kier alpha value is -1.53. The molecule has 1 amide bonds. The zero-order valence-corrected chi connectivity index (χ0v) is 11.1. The third kappa shape index (κ3) is 4.54. The van der Waals surface area contributed by atoms with Crippen molar-refractivity contribution < 1.29 is 18.3 Å². The van der Waals surface area contributed by atoms with Gasteiger partial charge in [-0.2, -0.15) is 0 Å². The van der Waals surface area contributed by atoms with Gasteiger partial charge in [0.15, 0.2) is 0 Å². The summed E-state index contributed by atoms with van der Waals surface area (Å²) < 4.78 is 31.5. The van der Waals surface area contributed by atoms with Crippen LogP contribution in [0.2, 0.25) is 0 Å². The monoisotopic (exact) mass is 284 g/mol. The van der Waals surface area contributed by atoms with E-state index in [1.165, 1.54) is 0 Å². The van der Waals surface area contributed by atoms with Crippen molar-refractivity contribution in [2.75, 3.05) is 19.8 Å². The van der Waals surface area contributed by atoms with Crippen LogP contribution in [-0.2, 0) is 16.1 Å². The predicted molar refractivity (Wildman–Crippen MR) is 70.0 cm³/mol. The molecule has 0 aliphatic carbocycles. The van der Waals surface area contributed by atoms with Gasteiger partial charge in [-0.15, -0.1) is 0 Å². The highest BCUT2D eigenvalue weighted by Crippen LogP contribution is 2.09. The quantitative estimate of drug-likeness (QED) is 0.858. The van der Waals surface area contributed by atoms with Crippen LogP contribution < -0.4 is 10.6 Å². The van der Waals surface area contributed by atoms with E-state index in [0.717, 1.165) is 31.0 Å². The molecule has 110 valence electrons. The summed E-state index contributed by atoms with van der Waals surface area (Å²) in [4.78, 5) is 11.7. The van der Waals surface area contributed by atoms with Gasteiger partial charge in [0.2, 0.25) is 5.91 Å². The Morgan fingerprint density at radius 3 is 2.80 bits per heavy atom. The summed E-state index contributed by atoms with van der Waals surface area (Å²) in [6, 6.07) is 3.41. The van der Waals surface area contributed by atoms with Crippen LogP contribution in [0.1, 0.15) is 18.4 Å². The molecule has 0 aromatic heterocycles. The number of halogens is 2. The molecule has 1 aliphatic heterocycles. The minimum absolute atomic E-state index is 0.0767. The molecule has 0 atom stereocenters. The predicted octanol–water partition coefficient (Wildman–Crippen LogP) is 1.35. The van der Waals surface area contributed by atoms with Crippen molar-refractivity contribution in [3.63, 3.8) is 0 Å². The van der Waals surface area contributed by atoms with Crippen LogP contribution in [0.3, 0.4) is 0 Å². The van der Waals surface area contributed by atoms with E-state index in [9.17, 15) is 13.6 Å². The first kappa shape index (κ1) is 14.9. The summed E-state index contributed by atoms with van der Waals surface area (Å²) in [5.74, 6) is -1.12. The molecule has 1 aromatic carbocycles. The largest absolute Gasteiger partial charge is 0.381 e. The van der Waals surface area contributed by atoms with Crippen LogP contribution in [0.5, 0.6) is 0 Å². The molecule has 4 nitrogen and oxygen atoms in total. The van der Waals surface area contributed by atoms with Gasteiger partial charge in [0.25, 0.3) is 0 Å². The Morgan fingerprint density at radius 2 is 2.05 bits per heavy atom. The first-order valence-corrected chi connectivity index (χ1v) is 6.67. The first-order valence-electron chi connectivity index (χ1n) is 6.67. The van der Waals surface area contributed by atoms with Gasteiger partial charge in [0, 0.05) is 31.4 Å². The summed E-state index contributed by atoms with van der Waals surface area (Å²) in [6.45, 7) is 1.51. The number of nitrogens with one attached hydrogen (secondary N) is 2. The molecule has 0 saturated carbocycles. The Kier molecular flexibility index (Phi) is 5.43.